The SMILES string of the molecule is CC(CCC#N)Nc1ccc(/C=C/C2=[N+](C)c3ccc(Cl)cc3C2(C)C)cc1. The zero-order chi connectivity index (χ0) is 20.3. The molecule has 1 aliphatic rings. The minimum atomic E-state index is -0.0941. The molecule has 1 N–H and O–H groups in total. The van der Waals surface area contributed by atoms with Gasteiger partial charge in [0.05, 0.1) is 11.5 Å². The second-order valence-electron chi connectivity index (χ2n) is 7.93. The Labute approximate surface area is 173 Å². The minimum Gasteiger partial charge on any atom is -0.383 e. The largest absolute Gasteiger partial charge is 0.383 e. The van der Waals surface area contributed by atoms with E-state index in [0.717, 1.165) is 22.7 Å². The van der Waals surface area contributed by atoms with Crippen LogP contribution in [0.15, 0.2) is 48.5 Å². The van der Waals surface area contributed by atoms with Crippen LogP contribution in [-0.2, 0) is 5.41 Å². The number of hydrogen-bond donors (Lipinski definition) is 1. The molecule has 0 saturated carbocycles. The van der Waals surface area contributed by atoms with Crippen molar-refractivity contribution in [3.8, 4) is 6.07 Å². The van der Waals surface area contributed by atoms with Crippen LogP contribution in [0, 0.1) is 11.3 Å². The van der Waals surface area contributed by atoms with Gasteiger partial charge >= 0.3 is 0 Å². The lowest BCUT2D eigenvalue weighted by atomic mass is 9.81. The van der Waals surface area contributed by atoms with Gasteiger partial charge in [-0.1, -0.05) is 23.7 Å². The summed E-state index contributed by atoms with van der Waals surface area (Å²) in [5.74, 6) is 0. The second-order valence-corrected chi connectivity index (χ2v) is 8.36. The fraction of sp³-hybridized carbons (Fsp3) is 0.333. The number of benzene rings is 2. The number of nitrogens with one attached hydrogen (secondary N) is 1. The van der Waals surface area contributed by atoms with Gasteiger partial charge in [-0.15, -0.1) is 0 Å². The summed E-state index contributed by atoms with van der Waals surface area (Å²) in [6.07, 6.45) is 5.78. The number of halogens is 1. The number of nitriles is 1. The lowest BCUT2D eigenvalue weighted by Crippen LogP contribution is -2.26. The lowest BCUT2D eigenvalue weighted by molar-refractivity contribution is -0.401. The predicted octanol–water partition coefficient (Wildman–Crippen LogP) is 6.16. The van der Waals surface area contributed by atoms with Crippen molar-refractivity contribution in [3.05, 3.63) is 64.7 Å². The number of allylic oxidation sites excluding steroid dienone is 1. The van der Waals surface area contributed by atoms with Crippen molar-refractivity contribution in [2.45, 2.75) is 45.1 Å². The Balaban J connectivity index is 1.75. The Bertz CT molecular complexity index is 962. The lowest BCUT2D eigenvalue weighted by Gasteiger charge is -2.15. The number of hydrogen-bond acceptors (Lipinski definition) is 2. The highest BCUT2D eigenvalue weighted by molar-refractivity contribution is 6.30. The molecule has 144 valence electrons. The average molecular weight is 393 g/mol. The molecule has 0 spiro atoms. The van der Waals surface area contributed by atoms with Gasteiger partial charge in [0, 0.05) is 40.9 Å². The van der Waals surface area contributed by atoms with E-state index < -0.39 is 0 Å². The van der Waals surface area contributed by atoms with Crippen molar-refractivity contribution in [3.63, 3.8) is 0 Å². The van der Waals surface area contributed by atoms with E-state index in [-0.39, 0.29) is 11.5 Å². The topological polar surface area (TPSA) is 38.8 Å². The summed E-state index contributed by atoms with van der Waals surface area (Å²) in [6.45, 7) is 6.58. The molecular weight excluding hydrogens is 366 g/mol. The molecule has 4 heteroatoms. The predicted molar refractivity (Wildman–Crippen MR) is 119 cm³/mol. The summed E-state index contributed by atoms with van der Waals surface area (Å²) in [6, 6.07) is 17.0. The van der Waals surface area contributed by atoms with Gasteiger partial charge in [0.2, 0.25) is 5.69 Å². The third-order valence-corrected chi connectivity index (χ3v) is 5.68. The maximum Gasteiger partial charge on any atom is 0.209 e. The van der Waals surface area contributed by atoms with Gasteiger partial charge in [-0.2, -0.15) is 9.84 Å². The van der Waals surface area contributed by atoms with E-state index >= 15 is 0 Å². The smallest absolute Gasteiger partial charge is 0.209 e. The van der Waals surface area contributed by atoms with Crippen LogP contribution in [0.3, 0.4) is 0 Å². The molecule has 1 atom stereocenters. The standard InChI is InChI=1S/C24H26ClN3/c1-17(6-5-15-26)27-20-11-7-18(8-12-20)9-14-23-24(2,3)21-16-19(25)10-13-22(21)28(23)4/h7-14,16-17H,5-6H2,1-4H3/p+1. The van der Waals surface area contributed by atoms with Crippen molar-refractivity contribution < 1.29 is 4.58 Å². The Hall–Kier alpha value is -2.57. The van der Waals surface area contributed by atoms with Gasteiger partial charge in [-0.25, -0.2) is 0 Å². The van der Waals surface area contributed by atoms with Gasteiger partial charge in [-0.05, 0) is 63.1 Å². The average Bonchev–Trinajstić information content (AvgIpc) is 2.85. The molecule has 0 radical (unpaired) electrons. The third-order valence-electron chi connectivity index (χ3n) is 5.44. The molecule has 0 fully saturated rings. The van der Waals surface area contributed by atoms with Gasteiger partial charge in [0.15, 0.2) is 5.71 Å². The molecule has 28 heavy (non-hydrogen) atoms. The number of nitrogens with zero attached hydrogens (tertiary/aromatic N) is 2. The van der Waals surface area contributed by atoms with E-state index in [1.165, 1.54) is 17.0 Å². The van der Waals surface area contributed by atoms with Crippen LogP contribution in [0.25, 0.3) is 6.08 Å². The summed E-state index contributed by atoms with van der Waals surface area (Å²) in [5, 5.41) is 12.9. The molecule has 0 amide bonds. The maximum absolute atomic E-state index is 8.70. The molecule has 0 saturated heterocycles. The van der Waals surface area contributed by atoms with Crippen molar-refractivity contribution in [2.24, 2.45) is 0 Å². The van der Waals surface area contributed by atoms with Crippen molar-refractivity contribution >= 4 is 34.8 Å². The number of anilines is 1. The van der Waals surface area contributed by atoms with Gasteiger partial charge in [0.1, 0.15) is 7.05 Å². The summed E-state index contributed by atoms with van der Waals surface area (Å²) >= 11 is 6.23. The van der Waals surface area contributed by atoms with E-state index in [1.54, 1.807) is 0 Å². The highest BCUT2D eigenvalue weighted by atomic mass is 35.5. The van der Waals surface area contributed by atoms with E-state index in [1.807, 2.05) is 6.07 Å². The van der Waals surface area contributed by atoms with Crippen LogP contribution in [-0.4, -0.2) is 23.4 Å². The first-order chi connectivity index (χ1) is 13.3. The molecule has 2 aromatic carbocycles. The number of fused-ring (bicyclic) bond motifs is 1. The summed E-state index contributed by atoms with van der Waals surface area (Å²) < 4.78 is 2.25. The summed E-state index contributed by atoms with van der Waals surface area (Å²) in [7, 11) is 2.11. The Morgan fingerprint density at radius 3 is 2.57 bits per heavy atom. The second kappa shape index (κ2) is 8.20. The minimum absolute atomic E-state index is 0.0941. The van der Waals surface area contributed by atoms with Crippen LogP contribution in [0.5, 0.6) is 0 Å². The first-order valence-corrected chi connectivity index (χ1v) is 10.0. The van der Waals surface area contributed by atoms with Crippen LogP contribution in [0.1, 0.15) is 44.7 Å². The van der Waals surface area contributed by atoms with E-state index in [0.29, 0.717) is 6.42 Å². The molecule has 3 nitrogen and oxygen atoms in total. The van der Waals surface area contributed by atoms with E-state index in [4.69, 9.17) is 16.9 Å². The molecule has 2 aromatic rings. The fourth-order valence-corrected chi connectivity index (χ4v) is 3.98. The quantitative estimate of drug-likeness (QED) is 0.597. The molecule has 1 heterocycles. The summed E-state index contributed by atoms with van der Waals surface area (Å²) in [4.78, 5) is 0. The Morgan fingerprint density at radius 2 is 1.89 bits per heavy atom. The number of rotatable bonds is 6. The maximum atomic E-state index is 8.70. The van der Waals surface area contributed by atoms with Crippen molar-refractivity contribution in [1.82, 2.24) is 0 Å². The zero-order valence-electron chi connectivity index (χ0n) is 17.0. The normalized spacial score (nSPS) is 16.1. The van der Waals surface area contributed by atoms with Crippen molar-refractivity contribution in [2.75, 3.05) is 12.4 Å². The molecule has 3 rings (SSSR count). The molecule has 1 unspecified atom stereocenters. The fourth-order valence-electron chi connectivity index (χ4n) is 3.81. The van der Waals surface area contributed by atoms with Crippen LogP contribution >= 0.6 is 11.6 Å². The van der Waals surface area contributed by atoms with Crippen LogP contribution < -0.4 is 5.32 Å². The Kier molecular flexibility index (Phi) is 5.91. The van der Waals surface area contributed by atoms with Gasteiger partial charge < -0.3 is 5.32 Å². The monoisotopic (exact) mass is 392 g/mol. The van der Waals surface area contributed by atoms with Crippen molar-refractivity contribution in [1.29, 1.82) is 5.26 Å². The van der Waals surface area contributed by atoms with E-state index in [2.05, 4.69) is 92.3 Å². The third kappa shape index (κ3) is 4.13. The molecule has 0 aromatic heterocycles. The highest BCUT2D eigenvalue weighted by Gasteiger charge is 2.42. The van der Waals surface area contributed by atoms with Crippen LogP contribution in [0.2, 0.25) is 5.02 Å². The van der Waals surface area contributed by atoms with Gasteiger partial charge in [0.25, 0.3) is 0 Å². The first-order valence-electron chi connectivity index (χ1n) is 9.65. The Morgan fingerprint density at radius 1 is 1.18 bits per heavy atom. The summed E-state index contributed by atoms with van der Waals surface area (Å²) in [5.41, 5.74) is 5.85. The highest BCUT2D eigenvalue weighted by Crippen LogP contribution is 2.40. The first kappa shape index (κ1) is 20.2. The van der Waals surface area contributed by atoms with E-state index in [9.17, 15) is 0 Å². The van der Waals surface area contributed by atoms with Crippen LogP contribution in [0.4, 0.5) is 11.4 Å². The molecule has 0 bridgehead atoms. The zero-order valence-corrected chi connectivity index (χ0v) is 17.7. The van der Waals surface area contributed by atoms with Gasteiger partial charge in [-0.3, -0.25) is 0 Å². The molecular formula is C24H27ClN3+. The molecule has 1 aliphatic heterocycles. The molecule has 0 aliphatic carbocycles.